The lowest BCUT2D eigenvalue weighted by Gasteiger charge is -2.30. The maximum atomic E-state index is 9.77. The Morgan fingerprint density at radius 2 is 1.83 bits per heavy atom. The van der Waals surface area contributed by atoms with E-state index >= 15 is 0 Å². The maximum absolute atomic E-state index is 9.77. The second-order valence-electron chi connectivity index (χ2n) is 8.00. The molecule has 2 heterocycles. The summed E-state index contributed by atoms with van der Waals surface area (Å²) >= 11 is 0. The highest BCUT2D eigenvalue weighted by molar-refractivity contribution is 6.15. The number of nitrogens with zero attached hydrogens (tertiary/aromatic N) is 2. The zero-order valence-electron chi connectivity index (χ0n) is 18.0. The van der Waals surface area contributed by atoms with Crippen LogP contribution in [0.4, 0.5) is 0 Å². The van der Waals surface area contributed by atoms with E-state index in [4.69, 9.17) is 4.74 Å². The molecule has 4 rings (SSSR count). The van der Waals surface area contributed by atoms with Gasteiger partial charge in [0.05, 0.1) is 37.1 Å². The molecule has 0 aliphatic carbocycles. The largest absolute Gasteiger partial charge is 0.497 e. The van der Waals surface area contributed by atoms with Gasteiger partial charge in [-0.05, 0) is 54.6 Å². The molecule has 0 amide bonds. The minimum absolute atomic E-state index is 0.128. The number of aromatic nitrogens is 2. The number of aryl methyl sites for hydroxylation is 2. The summed E-state index contributed by atoms with van der Waals surface area (Å²) in [5.41, 5.74) is 3.74. The molecular formula is C24H29N3O3. The van der Waals surface area contributed by atoms with Gasteiger partial charge in [0.25, 0.3) is 0 Å². The van der Waals surface area contributed by atoms with Crippen LogP contribution in [0.5, 0.6) is 5.75 Å². The van der Waals surface area contributed by atoms with Crippen molar-refractivity contribution in [2.75, 3.05) is 20.3 Å². The fourth-order valence-electron chi connectivity index (χ4n) is 4.38. The molecule has 0 aliphatic heterocycles. The van der Waals surface area contributed by atoms with Crippen LogP contribution in [0.3, 0.4) is 0 Å². The van der Waals surface area contributed by atoms with Crippen LogP contribution in [0.1, 0.15) is 24.6 Å². The predicted octanol–water partition coefficient (Wildman–Crippen LogP) is 3.42. The second kappa shape index (κ2) is 7.87. The first-order chi connectivity index (χ1) is 14.5. The van der Waals surface area contributed by atoms with Crippen LogP contribution in [0.2, 0.25) is 0 Å². The van der Waals surface area contributed by atoms with Gasteiger partial charge >= 0.3 is 0 Å². The molecule has 0 spiro atoms. The highest BCUT2D eigenvalue weighted by Crippen LogP contribution is 2.37. The number of methoxy groups -OCH3 is 1. The molecule has 0 aliphatic rings. The van der Waals surface area contributed by atoms with Gasteiger partial charge in [0, 0.05) is 41.5 Å². The number of hydrogen-bond acceptors (Lipinski definition) is 5. The van der Waals surface area contributed by atoms with E-state index in [1.54, 1.807) is 7.11 Å². The van der Waals surface area contributed by atoms with E-state index in [0.717, 1.165) is 38.5 Å². The molecule has 0 unspecified atom stereocenters. The van der Waals surface area contributed by atoms with E-state index in [9.17, 15) is 10.2 Å². The summed E-state index contributed by atoms with van der Waals surface area (Å²) in [6.07, 6.45) is 2.45. The third-order valence-electron chi connectivity index (χ3n) is 6.48. The van der Waals surface area contributed by atoms with Crippen LogP contribution in [-0.4, -0.2) is 45.6 Å². The molecular weight excluding hydrogens is 378 g/mol. The topological polar surface area (TPSA) is 79.5 Å². The molecule has 0 fully saturated rings. The molecule has 0 saturated carbocycles. The van der Waals surface area contributed by atoms with E-state index in [2.05, 4.69) is 53.1 Å². The molecule has 2 aromatic carbocycles. The van der Waals surface area contributed by atoms with Gasteiger partial charge in [-0.15, -0.1) is 0 Å². The normalized spacial score (nSPS) is 12.3. The van der Waals surface area contributed by atoms with Gasteiger partial charge in [0.1, 0.15) is 5.75 Å². The molecule has 158 valence electrons. The zero-order valence-corrected chi connectivity index (χ0v) is 18.0. The number of aliphatic hydroxyl groups excluding tert-OH is 2. The monoisotopic (exact) mass is 407 g/mol. The van der Waals surface area contributed by atoms with Crippen LogP contribution in [-0.2, 0) is 13.6 Å². The first-order valence-corrected chi connectivity index (χ1v) is 10.3. The molecule has 0 saturated heterocycles. The van der Waals surface area contributed by atoms with Crippen molar-refractivity contribution in [1.82, 2.24) is 14.9 Å². The summed E-state index contributed by atoms with van der Waals surface area (Å²) in [7, 11) is 3.78. The number of nitrogens with one attached hydrogen (secondary N) is 1. The summed E-state index contributed by atoms with van der Waals surface area (Å²) in [5, 5.41) is 27.4. The molecule has 0 bridgehead atoms. The third kappa shape index (κ3) is 3.12. The summed E-state index contributed by atoms with van der Waals surface area (Å²) < 4.78 is 7.69. The van der Waals surface area contributed by atoms with E-state index in [-0.39, 0.29) is 13.2 Å². The van der Waals surface area contributed by atoms with Crippen molar-refractivity contribution in [1.29, 1.82) is 0 Å². The van der Waals surface area contributed by atoms with Crippen molar-refractivity contribution in [3.63, 3.8) is 0 Å². The van der Waals surface area contributed by atoms with Crippen molar-refractivity contribution in [2.24, 2.45) is 7.05 Å². The number of pyridine rings is 1. The Labute approximate surface area is 176 Å². The van der Waals surface area contributed by atoms with Crippen molar-refractivity contribution >= 4 is 32.6 Å². The maximum Gasteiger partial charge on any atom is 0.119 e. The second-order valence-corrected chi connectivity index (χ2v) is 8.00. The minimum atomic E-state index is -0.712. The lowest BCUT2D eigenvalue weighted by molar-refractivity contribution is 0.0862. The van der Waals surface area contributed by atoms with E-state index in [1.165, 1.54) is 11.1 Å². The number of rotatable bonds is 7. The molecule has 4 aromatic rings. The van der Waals surface area contributed by atoms with Gasteiger partial charge in [0.15, 0.2) is 0 Å². The fourth-order valence-corrected chi connectivity index (χ4v) is 4.38. The Balaban J connectivity index is 1.93. The molecule has 2 aromatic heterocycles. The minimum Gasteiger partial charge on any atom is -0.497 e. The Hall–Kier alpha value is -2.67. The molecule has 6 heteroatoms. The van der Waals surface area contributed by atoms with Crippen molar-refractivity contribution in [3.8, 4) is 5.75 Å². The Bertz CT molecular complexity index is 1220. The Morgan fingerprint density at radius 1 is 1.07 bits per heavy atom. The molecule has 6 nitrogen and oxygen atoms in total. The third-order valence-corrected chi connectivity index (χ3v) is 6.48. The molecule has 0 radical (unpaired) electrons. The summed E-state index contributed by atoms with van der Waals surface area (Å²) in [6.45, 7) is 4.31. The van der Waals surface area contributed by atoms with Crippen molar-refractivity contribution in [2.45, 2.75) is 32.4 Å². The van der Waals surface area contributed by atoms with E-state index in [1.807, 2.05) is 19.2 Å². The van der Waals surface area contributed by atoms with Gasteiger partial charge < -0.3 is 24.8 Å². The molecule has 0 atom stereocenters. The average molecular weight is 408 g/mol. The van der Waals surface area contributed by atoms with Crippen LogP contribution < -0.4 is 10.1 Å². The van der Waals surface area contributed by atoms with Gasteiger partial charge in [-0.2, -0.15) is 0 Å². The van der Waals surface area contributed by atoms with Gasteiger partial charge in [-0.25, -0.2) is 0 Å². The highest BCUT2D eigenvalue weighted by Gasteiger charge is 2.26. The first-order valence-electron chi connectivity index (χ1n) is 10.3. The number of aliphatic hydroxyl groups is 2. The standard InChI is InChI=1S/C24H29N3O3/c1-5-24(13-28,14-29)26-12-21-18-11-20-19-10-16(30-4)6-7-22(19)27(3)23(20)15(2)17(18)8-9-25-21/h6-11,26,28-29H,5,12-14H2,1-4H3. The van der Waals surface area contributed by atoms with Crippen LogP contribution in [0, 0.1) is 6.92 Å². The average Bonchev–Trinajstić information content (AvgIpc) is 3.07. The van der Waals surface area contributed by atoms with Crippen LogP contribution in [0.15, 0.2) is 36.5 Å². The van der Waals surface area contributed by atoms with Crippen molar-refractivity contribution < 1.29 is 14.9 Å². The lowest BCUT2D eigenvalue weighted by atomic mass is 9.97. The van der Waals surface area contributed by atoms with Gasteiger partial charge in [-0.1, -0.05) is 6.92 Å². The lowest BCUT2D eigenvalue weighted by Crippen LogP contribution is -2.50. The molecule has 30 heavy (non-hydrogen) atoms. The highest BCUT2D eigenvalue weighted by atomic mass is 16.5. The number of benzene rings is 2. The SMILES string of the molecule is CCC(CO)(CO)NCc1nccc2c(C)c3c(cc12)c1cc(OC)ccc1n3C. The Morgan fingerprint density at radius 3 is 2.50 bits per heavy atom. The fraction of sp³-hybridized carbons (Fsp3) is 0.375. The summed E-state index contributed by atoms with van der Waals surface area (Å²) in [4.78, 5) is 4.62. The zero-order chi connectivity index (χ0) is 21.5. The van der Waals surface area contributed by atoms with Crippen molar-refractivity contribution in [3.05, 3.63) is 47.8 Å². The number of hydrogen-bond donors (Lipinski definition) is 3. The van der Waals surface area contributed by atoms with E-state index in [0.29, 0.717) is 13.0 Å². The quantitative estimate of drug-likeness (QED) is 0.437. The first kappa shape index (κ1) is 20.6. The summed E-state index contributed by atoms with van der Waals surface area (Å²) in [6, 6.07) is 10.4. The smallest absolute Gasteiger partial charge is 0.119 e. The summed E-state index contributed by atoms with van der Waals surface area (Å²) in [5.74, 6) is 0.833. The predicted molar refractivity (Wildman–Crippen MR) is 121 cm³/mol. The van der Waals surface area contributed by atoms with E-state index < -0.39 is 5.54 Å². The number of fused-ring (bicyclic) bond motifs is 4. The van der Waals surface area contributed by atoms with Crippen LogP contribution in [0.25, 0.3) is 32.6 Å². The van der Waals surface area contributed by atoms with Gasteiger partial charge in [0.2, 0.25) is 0 Å². The van der Waals surface area contributed by atoms with Crippen LogP contribution >= 0.6 is 0 Å². The molecule has 3 N–H and O–H groups in total. The van der Waals surface area contributed by atoms with Gasteiger partial charge in [-0.3, -0.25) is 4.98 Å². The Kier molecular flexibility index (Phi) is 5.40. The number of ether oxygens (including phenoxy) is 1.